The molecule has 3 rings (SSSR count). The Labute approximate surface area is 145 Å². The zero-order valence-electron chi connectivity index (χ0n) is 12.9. The molecule has 0 saturated carbocycles. The summed E-state index contributed by atoms with van der Waals surface area (Å²) in [6.07, 6.45) is 0. The van der Waals surface area contributed by atoms with Gasteiger partial charge in [-0.15, -0.1) is 12.4 Å². The molecule has 0 atom stereocenters. The summed E-state index contributed by atoms with van der Waals surface area (Å²) in [5.41, 5.74) is 5.84. The molecule has 0 bridgehead atoms. The molecular formula is C18H18ClNO4. The van der Waals surface area contributed by atoms with Gasteiger partial charge in [0.1, 0.15) is 24.7 Å². The molecule has 1 aromatic heterocycles. The summed E-state index contributed by atoms with van der Waals surface area (Å²) in [4.78, 5) is 12.0. The first-order valence-corrected chi connectivity index (χ1v) is 7.34. The molecule has 24 heavy (non-hydrogen) atoms. The number of hydrogen-bond acceptors (Lipinski definition) is 5. The van der Waals surface area contributed by atoms with Crippen LogP contribution in [0.3, 0.4) is 0 Å². The molecule has 0 fully saturated rings. The molecule has 2 N–H and O–H groups in total. The van der Waals surface area contributed by atoms with Crippen molar-refractivity contribution in [3.05, 3.63) is 70.6 Å². The Balaban J connectivity index is 0.00000208. The van der Waals surface area contributed by atoms with Crippen LogP contribution in [0.1, 0.15) is 5.76 Å². The first-order chi connectivity index (χ1) is 11.3. The van der Waals surface area contributed by atoms with Crippen molar-refractivity contribution in [3.63, 3.8) is 0 Å². The minimum atomic E-state index is -0.127. The zero-order valence-corrected chi connectivity index (χ0v) is 13.8. The molecule has 0 aliphatic heterocycles. The van der Waals surface area contributed by atoms with E-state index in [4.69, 9.17) is 19.6 Å². The van der Waals surface area contributed by atoms with Crippen LogP contribution in [0.4, 0.5) is 0 Å². The van der Waals surface area contributed by atoms with Gasteiger partial charge in [0.05, 0.1) is 11.9 Å². The van der Waals surface area contributed by atoms with Gasteiger partial charge in [0, 0.05) is 6.07 Å². The van der Waals surface area contributed by atoms with Crippen molar-refractivity contribution in [2.45, 2.75) is 6.54 Å². The van der Waals surface area contributed by atoms with Crippen molar-refractivity contribution >= 4 is 23.4 Å². The smallest absolute Gasteiger partial charge is 0.193 e. The first kappa shape index (κ1) is 17.8. The van der Waals surface area contributed by atoms with Gasteiger partial charge in [-0.25, -0.2) is 0 Å². The van der Waals surface area contributed by atoms with Gasteiger partial charge in [0.2, 0.25) is 0 Å². The number of fused-ring (bicyclic) bond motifs is 1. The summed E-state index contributed by atoms with van der Waals surface area (Å²) < 4.78 is 16.9. The monoisotopic (exact) mass is 347 g/mol. The highest BCUT2D eigenvalue weighted by Gasteiger charge is 2.09. The molecule has 0 aliphatic rings. The van der Waals surface area contributed by atoms with Gasteiger partial charge >= 0.3 is 0 Å². The van der Waals surface area contributed by atoms with Crippen molar-refractivity contribution in [2.75, 3.05) is 13.2 Å². The van der Waals surface area contributed by atoms with Gasteiger partial charge in [-0.2, -0.15) is 0 Å². The molecule has 0 amide bonds. The third-order valence-electron chi connectivity index (χ3n) is 3.32. The lowest BCUT2D eigenvalue weighted by Crippen LogP contribution is -2.10. The highest BCUT2D eigenvalue weighted by Crippen LogP contribution is 2.24. The molecule has 0 saturated heterocycles. The first-order valence-electron chi connectivity index (χ1n) is 7.34. The number of nitrogens with two attached hydrogens (primary N) is 1. The van der Waals surface area contributed by atoms with Gasteiger partial charge in [-0.3, -0.25) is 4.79 Å². The summed E-state index contributed by atoms with van der Waals surface area (Å²) in [7, 11) is 0. The van der Waals surface area contributed by atoms with Crippen molar-refractivity contribution in [1.82, 2.24) is 0 Å². The Kier molecular flexibility index (Phi) is 6.23. The lowest BCUT2D eigenvalue weighted by molar-refractivity contribution is 0.217. The molecule has 2 aromatic carbocycles. The van der Waals surface area contributed by atoms with E-state index in [-0.39, 0.29) is 24.4 Å². The molecule has 6 heteroatoms. The van der Waals surface area contributed by atoms with Crippen LogP contribution in [0.15, 0.2) is 63.8 Å². The Bertz CT molecular complexity index is 849. The number of benzene rings is 2. The summed E-state index contributed by atoms with van der Waals surface area (Å²) in [6.45, 7) is 0.891. The number of hydrogen-bond donors (Lipinski definition) is 1. The van der Waals surface area contributed by atoms with E-state index in [0.717, 1.165) is 5.75 Å². The fraction of sp³-hybridized carbons (Fsp3) is 0.167. The van der Waals surface area contributed by atoms with E-state index in [1.165, 1.54) is 6.07 Å². The van der Waals surface area contributed by atoms with Crippen LogP contribution in [0, 0.1) is 0 Å². The summed E-state index contributed by atoms with van der Waals surface area (Å²) in [5.74, 6) is 1.72. The summed E-state index contributed by atoms with van der Waals surface area (Å²) in [6, 6.07) is 16.1. The molecule has 3 aromatic rings. The Morgan fingerprint density at radius 3 is 2.46 bits per heavy atom. The highest BCUT2D eigenvalue weighted by molar-refractivity contribution is 5.85. The van der Waals surface area contributed by atoms with Gasteiger partial charge in [0.25, 0.3) is 0 Å². The molecule has 0 radical (unpaired) electrons. The highest BCUT2D eigenvalue weighted by atomic mass is 35.5. The Hall–Kier alpha value is -2.50. The minimum absolute atomic E-state index is 0. The number of halogens is 1. The van der Waals surface area contributed by atoms with E-state index in [1.54, 1.807) is 18.2 Å². The predicted octanol–water partition coefficient (Wildman–Crippen LogP) is 3.13. The van der Waals surface area contributed by atoms with Gasteiger partial charge in [-0.05, 0) is 24.3 Å². The molecule has 0 aliphatic carbocycles. The van der Waals surface area contributed by atoms with Crippen LogP contribution in [0.2, 0.25) is 0 Å². The minimum Gasteiger partial charge on any atom is -0.490 e. The quantitative estimate of drug-likeness (QED) is 0.693. The summed E-state index contributed by atoms with van der Waals surface area (Å²) in [5, 5.41) is 0.476. The van der Waals surface area contributed by atoms with Crippen molar-refractivity contribution in [1.29, 1.82) is 0 Å². The molecule has 0 spiro atoms. The third kappa shape index (κ3) is 4.07. The number of para-hydroxylation sites is 2. The molecule has 0 unspecified atom stereocenters. The maximum absolute atomic E-state index is 12.0. The largest absolute Gasteiger partial charge is 0.490 e. The summed E-state index contributed by atoms with van der Waals surface area (Å²) >= 11 is 0. The zero-order chi connectivity index (χ0) is 16.1. The van der Waals surface area contributed by atoms with E-state index in [2.05, 4.69) is 0 Å². The SMILES string of the molecule is Cl.NCc1cc(=O)c2cccc(OCCOc3ccccc3)c2o1. The fourth-order valence-electron chi connectivity index (χ4n) is 2.24. The second-order valence-electron chi connectivity index (χ2n) is 4.92. The third-order valence-corrected chi connectivity index (χ3v) is 3.32. The van der Waals surface area contributed by atoms with Gasteiger partial charge in [0.15, 0.2) is 16.8 Å². The van der Waals surface area contributed by atoms with E-state index < -0.39 is 0 Å². The Morgan fingerprint density at radius 1 is 0.958 bits per heavy atom. The van der Waals surface area contributed by atoms with Crippen molar-refractivity contribution < 1.29 is 13.9 Å². The van der Waals surface area contributed by atoms with Crippen molar-refractivity contribution in [3.8, 4) is 11.5 Å². The maximum Gasteiger partial charge on any atom is 0.193 e. The van der Waals surface area contributed by atoms with Crippen LogP contribution in [-0.4, -0.2) is 13.2 Å². The van der Waals surface area contributed by atoms with Crippen molar-refractivity contribution in [2.24, 2.45) is 5.73 Å². The molecule has 5 nitrogen and oxygen atoms in total. The van der Waals surface area contributed by atoms with Gasteiger partial charge in [-0.1, -0.05) is 24.3 Å². The molecule has 1 heterocycles. The predicted molar refractivity (Wildman–Crippen MR) is 95.1 cm³/mol. The normalized spacial score (nSPS) is 10.2. The second-order valence-corrected chi connectivity index (χ2v) is 4.92. The molecular weight excluding hydrogens is 330 g/mol. The van der Waals surface area contributed by atoms with E-state index in [1.807, 2.05) is 30.3 Å². The van der Waals surface area contributed by atoms with Crippen LogP contribution >= 0.6 is 12.4 Å². The fourth-order valence-corrected chi connectivity index (χ4v) is 2.24. The van der Waals surface area contributed by atoms with Crippen LogP contribution in [-0.2, 0) is 6.54 Å². The van der Waals surface area contributed by atoms with Crippen LogP contribution in [0.5, 0.6) is 11.5 Å². The number of rotatable bonds is 6. The lowest BCUT2D eigenvalue weighted by Gasteiger charge is -2.10. The van der Waals surface area contributed by atoms with Crippen LogP contribution < -0.4 is 20.6 Å². The second kappa shape index (κ2) is 8.38. The van der Waals surface area contributed by atoms with E-state index in [9.17, 15) is 4.79 Å². The van der Waals surface area contributed by atoms with E-state index >= 15 is 0 Å². The maximum atomic E-state index is 12.0. The topological polar surface area (TPSA) is 74.7 Å². The number of ether oxygens (including phenoxy) is 2. The van der Waals surface area contributed by atoms with Crippen LogP contribution in [0.25, 0.3) is 11.0 Å². The standard InChI is InChI=1S/C18H17NO4.ClH/c19-12-14-11-16(20)15-7-4-8-17(18(15)23-14)22-10-9-21-13-5-2-1-3-6-13;/h1-8,11H,9-10,12,19H2;1H. The van der Waals surface area contributed by atoms with Gasteiger partial charge < -0.3 is 19.6 Å². The molecule has 126 valence electrons. The Morgan fingerprint density at radius 2 is 1.71 bits per heavy atom. The average Bonchev–Trinajstić information content (AvgIpc) is 2.60. The van der Waals surface area contributed by atoms with E-state index in [0.29, 0.717) is 35.7 Å². The lowest BCUT2D eigenvalue weighted by atomic mass is 10.2. The average molecular weight is 348 g/mol.